The normalized spacial score (nSPS) is 16.6. The number of hydrogen-bond donors (Lipinski definition) is 3. The first-order valence-electron chi connectivity index (χ1n) is 13.8. The number of nitrogens with zero attached hydrogens (tertiary/aromatic N) is 2. The fraction of sp³-hybridized carbons (Fsp3) is 0.333. The molecule has 1 aromatic heterocycles. The average molecular weight is 591 g/mol. The Labute approximate surface area is 246 Å². The molecule has 1 aliphatic carbocycles. The van der Waals surface area contributed by atoms with Gasteiger partial charge in [0.2, 0.25) is 12.7 Å². The first-order valence-corrected chi connectivity index (χ1v) is 14.7. The zero-order chi connectivity index (χ0) is 29.2. The number of fused-ring (bicyclic) bond motifs is 1. The molecule has 11 nitrogen and oxygen atoms in total. The van der Waals surface area contributed by atoms with Gasteiger partial charge in [0.1, 0.15) is 0 Å². The summed E-state index contributed by atoms with van der Waals surface area (Å²) < 4.78 is 10.8. The number of carboxylic acid groups (broad SMARTS) is 1. The number of carboxylic acids is 1. The number of piperazine rings is 1. The minimum absolute atomic E-state index is 0.0368. The van der Waals surface area contributed by atoms with E-state index in [9.17, 15) is 24.3 Å². The van der Waals surface area contributed by atoms with Gasteiger partial charge in [0.05, 0.1) is 23.8 Å². The van der Waals surface area contributed by atoms with Crippen molar-refractivity contribution >= 4 is 46.4 Å². The zero-order valence-electron chi connectivity index (χ0n) is 22.7. The number of benzene rings is 2. The predicted octanol–water partition coefficient (Wildman–Crippen LogP) is 3.73. The van der Waals surface area contributed by atoms with Gasteiger partial charge in [0.15, 0.2) is 11.5 Å². The second kappa shape index (κ2) is 11.7. The lowest BCUT2D eigenvalue weighted by atomic mass is 10.1. The van der Waals surface area contributed by atoms with Crippen LogP contribution in [0.4, 0.5) is 11.4 Å². The smallest absolute Gasteiger partial charge is 0.305 e. The quantitative estimate of drug-likeness (QED) is 0.343. The fourth-order valence-electron chi connectivity index (χ4n) is 5.12. The second-order valence-electron chi connectivity index (χ2n) is 10.5. The summed E-state index contributed by atoms with van der Waals surface area (Å²) in [5, 5.41) is 17.0. The van der Waals surface area contributed by atoms with E-state index < -0.39 is 17.9 Å². The molecule has 3 aliphatic rings. The van der Waals surface area contributed by atoms with Gasteiger partial charge in [-0.2, -0.15) is 0 Å². The Morgan fingerprint density at radius 3 is 2.43 bits per heavy atom. The summed E-state index contributed by atoms with van der Waals surface area (Å²) >= 11 is 1.38. The fourth-order valence-corrected chi connectivity index (χ4v) is 5.90. The molecule has 3 heterocycles. The van der Waals surface area contributed by atoms with Gasteiger partial charge in [-0.25, -0.2) is 0 Å². The monoisotopic (exact) mass is 590 g/mol. The number of rotatable bonds is 9. The van der Waals surface area contributed by atoms with Crippen molar-refractivity contribution in [2.24, 2.45) is 5.92 Å². The van der Waals surface area contributed by atoms with E-state index in [0.29, 0.717) is 54.5 Å². The van der Waals surface area contributed by atoms with Crippen molar-refractivity contribution in [3.63, 3.8) is 0 Å². The highest BCUT2D eigenvalue weighted by atomic mass is 32.1. The van der Waals surface area contributed by atoms with Crippen molar-refractivity contribution in [1.29, 1.82) is 0 Å². The molecule has 3 amide bonds. The van der Waals surface area contributed by atoms with Crippen LogP contribution in [-0.2, 0) is 9.59 Å². The van der Waals surface area contributed by atoms with E-state index in [0.717, 1.165) is 23.4 Å². The molecular weight excluding hydrogens is 560 g/mol. The number of nitrogens with one attached hydrogen (secondary N) is 2. The van der Waals surface area contributed by atoms with Gasteiger partial charge in [-0.3, -0.25) is 19.2 Å². The molecule has 1 atom stereocenters. The van der Waals surface area contributed by atoms with E-state index in [2.05, 4.69) is 15.5 Å². The van der Waals surface area contributed by atoms with Crippen LogP contribution < -0.4 is 25.0 Å². The summed E-state index contributed by atoms with van der Waals surface area (Å²) in [6.45, 7) is 2.16. The van der Waals surface area contributed by atoms with Crippen molar-refractivity contribution in [1.82, 2.24) is 10.2 Å². The summed E-state index contributed by atoms with van der Waals surface area (Å²) in [5.74, 6) is -0.482. The number of aliphatic carboxylic acids is 1. The van der Waals surface area contributed by atoms with Gasteiger partial charge in [0.25, 0.3) is 11.8 Å². The van der Waals surface area contributed by atoms with Crippen LogP contribution in [0.5, 0.6) is 11.5 Å². The molecule has 0 radical (unpaired) electrons. The predicted molar refractivity (Wildman–Crippen MR) is 155 cm³/mol. The lowest BCUT2D eigenvalue weighted by Crippen LogP contribution is -2.49. The van der Waals surface area contributed by atoms with E-state index in [4.69, 9.17) is 9.47 Å². The molecule has 2 aromatic carbocycles. The van der Waals surface area contributed by atoms with Crippen LogP contribution in [0.3, 0.4) is 0 Å². The highest BCUT2D eigenvalue weighted by Gasteiger charge is 2.31. The summed E-state index contributed by atoms with van der Waals surface area (Å²) in [5.41, 5.74) is 2.12. The molecule has 3 N–H and O–H groups in total. The minimum Gasteiger partial charge on any atom is -0.481 e. The van der Waals surface area contributed by atoms with Crippen molar-refractivity contribution in [2.45, 2.75) is 25.3 Å². The van der Waals surface area contributed by atoms with Crippen LogP contribution in [0.15, 0.2) is 53.9 Å². The molecule has 0 spiro atoms. The maximum atomic E-state index is 13.2. The van der Waals surface area contributed by atoms with Crippen molar-refractivity contribution in [3.05, 3.63) is 69.9 Å². The molecular formula is C30H30N4O7S. The van der Waals surface area contributed by atoms with Crippen LogP contribution >= 0.6 is 11.3 Å². The summed E-state index contributed by atoms with van der Waals surface area (Å²) in [6.07, 6.45) is 1.42. The Morgan fingerprint density at radius 2 is 1.71 bits per heavy atom. The highest BCUT2D eigenvalue weighted by Crippen LogP contribution is 2.35. The molecule has 12 heteroatoms. The Bertz CT molecular complexity index is 1510. The molecule has 1 saturated heterocycles. The third kappa shape index (κ3) is 6.03. The molecule has 42 heavy (non-hydrogen) atoms. The van der Waals surface area contributed by atoms with Crippen LogP contribution in [0.25, 0.3) is 0 Å². The first-order chi connectivity index (χ1) is 20.4. The summed E-state index contributed by atoms with van der Waals surface area (Å²) in [7, 11) is 0. The zero-order valence-corrected chi connectivity index (χ0v) is 23.5. The molecule has 2 fully saturated rings. The molecule has 2 aliphatic heterocycles. The Balaban J connectivity index is 1.17. The van der Waals surface area contributed by atoms with E-state index in [1.165, 1.54) is 11.3 Å². The third-order valence-electron chi connectivity index (χ3n) is 7.56. The lowest BCUT2D eigenvalue weighted by molar-refractivity contribution is -0.137. The number of thiophene rings is 1. The number of carbonyl (C=O) groups excluding carboxylic acids is 3. The maximum absolute atomic E-state index is 13.2. The molecule has 6 rings (SSSR count). The SMILES string of the molecule is O=C(O)CC(NC(=O)c1ccc(N2CCN(C(=O)c3ccc4c(c3)OCO4)CC2)c(NC(=O)C2CC2)c1)c1cccs1. The van der Waals surface area contributed by atoms with Gasteiger partial charge in [-0.05, 0) is 60.7 Å². The van der Waals surface area contributed by atoms with Crippen LogP contribution in [0.1, 0.15) is 50.9 Å². The standard InChI is InChI=1S/C30H30N4O7S/c35-27(36)16-22(26-2-1-13-42-26)32-29(38)19-5-7-23(21(14-19)31-28(37)18-3-4-18)33-9-11-34(12-10-33)30(39)20-6-8-24-25(15-20)41-17-40-24/h1-2,5-8,13-15,18,22H,3-4,9-12,16-17H2,(H,31,37)(H,32,38)(H,35,36). The van der Waals surface area contributed by atoms with Gasteiger partial charge < -0.3 is 35.0 Å². The molecule has 1 unspecified atom stereocenters. The molecule has 3 aromatic rings. The summed E-state index contributed by atoms with van der Waals surface area (Å²) in [6, 6.07) is 13.2. The molecule has 218 valence electrons. The number of carbonyl (C=O) groups is 4. The highest BCUT2D eigenvalue weighted by molar-refractivity contribution is 7.10. The summed E-state index contributed by atoms with van der Waals surface area (Å²) in [4.78, 5) is 55.2. The maximum Gasteiger partial charge on any atom is 0.305 e. The van der Waals surface area contributed by atoms with Gasteiger partial charge in [0, 0.05) is 48.1 Å². The Morgan fingerprint density at radius 1 is 0.952 bits per heavy atom. The van der Waals surface area contributed by atoms with E-state index in [1.807, 2.05) is 11.4 Å². The van der Waals surface area contributed by atoms with Crippen LogP contribution in [0.2, 0.25) is 0 Å². The molecule has 1 saturated carbocycles. The largest absolute Gasteiger partial charge is 0.481 e. The lowest BCUT2D eigenvalue weighted by Gasteiger charge is -2.37. The average Bonchev–Trinajstić information content (AvgIpc) is 3.49. The topological polar surface area (TPSA) is 138 Å². The van der Waals surface area contributed by atoms with Crippen molar-refractivity contribution < 1.29 is 33.8 Å². The number of anilines is 2. The van der Waals surface area contributed by atoms with E-state index in [-0.39, 0.29) is 30.9 Å². The number of ether oxygens (including phenoxy) is 2. The number of hydrogen-bond acceptors (Lipinski definition) is 8. The Kier molecular flexibility index (Phi) is 7.70. The van der Waals surface area contributed by atoms with Gasteiger partial charge in [-0.1, -0.05) is 6.07 Å². The number of amides is 3. The van der Waals surface area contributed by atoms with Crippen LogP contribution in [-0.4, -0.2) is 66.7 Å². The van der Waals surface area contributed by atoms with Crippen molar-refractivity contribution in [2.75, 3.05) is 43.2 Å². The van der Waals surface area contributed by atoms with E-state index >= 15 is 0 Å². The van der Waals surface area contributed by atoms with Crippen molar-refractivity contribution in [3.8, 4) is 11.5 Å². The molecule has 0 bridgehead atoms. The van der Waals surface area contributed by atoms with Gasteiger partial charge >= 0.3 is 5.97 Å². The van der Waals surface area contributed by atoms with Gasteiger partial charge in [-0.15, -0.1) is 11.3 Å². The minimum atomic E-state index is -1.02. The van der Waals surface area contributed by atoms with Crippen LogP contribution in [0, 0.1) is 5.92 Å². The Hall–Kier alpha value is -4.58. The van der Waals surface area contributed by atoms with E-state index in [1.54, 1.807) is 47.4 Å². The third-order valence-corrected chi connectivity index (χ3v) is 8.55. The first kappa shape index (κ1) is 27.6. The second-order valence-corrected chi connectivity index (χ2v) is 11.5.